The Morgan fingerprint density at radius 3 is 2.59 bits per heavy atom. The normalized spacial score (nSPS) is 16.4. The lowest BCUT2D eigenvalue weighted by molar-refractivity contribution is 0.0950. The minimum absolute atomic E-state index is 0.0832. The van der Waals surface area contributed by atoms with Crippen molar-refractivity contribution in [2.75, 3.05) is 13.7 Å². The van der Waals surface area contributed by atoms with Crippen LogP contribution < -0.4 is 10.1 Å². The molecule has 1 amide bonds. The number of nitrogens with zero attached hydrogens (tertiary/aromatic N) is 3. The van der Waals surface area contributed by atoms with E-state index in [9.17, 15) is 4.79 Å². The summed E-state index contributed by atoms with van der Waals surface area (Å²) < 4.78 is 5.50. The first kappa shape index (κ1) is 17.2. The molecule has 138 valence electrons. The van der Waals surface area contributed by atoms with Crippen molar-refractivity contribution in [3.8, 4) is 17.4 Å². The van der Waals surface area contributed by atoms with Gasteiger partial charge < -0.3 is 15.0 Å². The number of aromatic nitrogens is 4. The van der Waals surface area contributed by atoms with Gasteiger partial charge in [0, 0.05) is 29.5 Å². The van der Waals surface area contributed by atoms with Crippen molar-refractivity contribution in [3.63, 3.8) is 0 Å². The van der Waals surface area contributed by atoms with E-state index in [2.05, 4.69) is 25.3 Å². The fourth-order valence-corrected chi connectivity index (χ4v) is 3.52. The maximum Gasteiger partial charge on any atom is 0.271 e. The van der Waals surface area contributed by atoms with Crippen LogP contribution in [-0.4, -0.2) is 39.5 Å². The number of amides is 1. The van der Waals surface area contributed by atoms with E-state index < -0.39 is 0 Å². The van der Waals surface area contributed by atoms with Crippen LogP contribution in [0.25, 0.3) is 11.6 Å². The van der Waals surface area contributed by atoms with Crippen LogP contribution in [-0.2, 0) is 6.42 Å². The van der Waals surface area contributed by atoms with Crippen molar-refractivity contribution < 1.29 is 9.53 Å². The quantitative estimate of drug-likeness (QED) is 0.746. The molecule has 4 rings (SSSR count). The number of benzene rings is 1. The van der Waals surface area contributed by atoms with E-state index in [0.717, 1.165) is 28.4 Å². The second-order valence-electron chi connectivity index (χ2n) is 6.74. The summed E-state index contributed by atoms with van der Waals surface area (Å²) in [6.07, 6.45) is 0.645. The molecule has 0 spiro atoms. The van der Waals surface area contributed by atoms with Crippen LogP contribution in [0, 0.1) is 13.8 Å². The van der Waals surface area contributed by atoms with Crippen LogP contribution in [0.4, 0.5) is 0 Å². The van der Waals surface area contributed by atoms with Gasteiger partial charge in [0.1, 0.15) is 11.4 Å². The molecule has 2 N–H and O–H groups in total. The zero-order valence-corrected chi connectivity index (χ0v) is 15.5. The van der Waals surface area contributed by atoms with Crippen LogP contribution in [0.3, 0.4) is 0 Å². The van der Waals surface area contributed by atoms with Gasteiger partial charge in [-0.05, 0) is 38.0 Å². The average molecular weight is 363 g/mol. The molecule has 1 aromatic carbocycles. The molecule has 7 heteroatoms. The molecule has 2 aromatic heterocycles. The van der Waals surface area contributed by atoms with Gasteiger partial charge in [-0.3, -0.25) is 4.79 Å². The molecule has 1 aliphatic rings. The molecule has 0 bridgehead atoms. The van der Waals surface area contributed by atoms with Crippen LogP contribution in [0.2, 0.25) is 0 Å². The molecule has 1 unspecified atom stereocenters. The highest BCUT2D eigenvalue weighted by atomic mass is 16.5. The third-order valence-corrected chi connectivity index (χ3v) is 4.73. The molecule has 0 saturated heterocycles. The molecule has 0 fully saturated rings. The Bertz CT molecular complexity index is 991. The maximum absolute atomic E-state index is 12.5. The van der Waals surface area contributed by atoms with Gasteiger partial charge in [0.2, 0.25) is 0 Å². The van der Waals surface area contributed by atoms with Gasteiger partial charge in [0.05, 0.1) is 7.11 Å². The van der Waals surface area contributed by atoms with Crippen molar-refractivity contribution in [1.29, 1.82) is 0 Å². The summed E-state index contributed by atoms with van der Waals surface area (Å²) in [4.78, 5) is 29.2. The number of imidazole rings is 1. The van der Waals surface area contributed by atoms with E-state index in [-0.39, 0.29) is 11.8 Å². The van der Waals surface area contributed by atoms with E-state index in [1.54, 1.807) is 7.11 Å². The van der Waals surface area contributed by atoms with Crippen LogP contribution in [0.1, 0.15) is 39.1 Å². The first-order valence-corrected chi connectivity index (χ1v) is 8.88. The predicted molar refractivity (Wildman–Crippen MR) is 101 cm³/mol. The first-order chi connectivity index (χ1) is 13.0. The maximum atomic E-state index is 12.5. The predicted octanol–water partition coefficient (Wildman–Crippen LogP) is 2.56. The lowest BCUT2D eigenvalue weighted by Gasteiger charge is -2.17. The minimum Gasteiger partial charge on any atom is -0.496 e. The van der Waals surface area contributed by atoms with Crippen LogP contribution in [0.15, 0.2) is 30.3 Å². The fourth-order valence-electron chi connectivity index (χ4n) is 3.52. The third-order valence-electron chi connectivity index (χ3n) is 4.73. The van der Waals surface area contributed by atoms with Gasteiger partial charge in [0.15, 0.2) is 11.6 Å². The number of aryl methyl sites for hydroxylation is 2. The first-order valence-electron chi connectivity index (χ1n) is 8.88. The molecule has 0 aliphatic carbocycles. The number of methoxy groups -OCH3 is 1. The van der Waals surface area contributed by atoms with Gasteiger partial charge in [-0.1, -0.05) is 18.2 Å². The zero-order chi connectivity index (χ0) is 19.0. The Kier molecular flexibility index (Phi) is 4.35. The summed E-state index contributed by atoms with van der Waals surface area (Å²) in [5.74, 6) is 1.73. The summed E-state index contributed by atoms with van der Waals surface area (Å²) in [6, 6.07) is 9.79. The average Bonchev–Trinajstić information content (AvgIpc) is 3.01. The number of H-pyrrole nitrogens is 1. The monoisotopic (exact) mass is 363 g/mol. The minimum atomic E-state index is -0.186. The molecule has 3 heterocycles. The molecule has 0 saturated carbocycles. The lowest BCUT2D eigenvalue weighted by Crippen LogP contribution is -2.26. The number of para-hydroxylation sites is 1. The molecular weight excluding hydrogens is 342 g/mol. The lowest BCUT2D eigenvalue weighted by atomic mass is 9.93. The number of fused-ring (bicyclic) bond motifs is 1. The number of carbonyl (C=O) groups is 1. The van der Waals surface area contributed by atoms with Crippen LogP contribution in [0.5, 0.6) is 5.75 Å². The Hall–Kier alpha value is -3.22. The van der Waals surface area contributed by atoms with Gasteiger partial charge in [0.25, 0.3) is 5.91 Å². The molecule has 1 atom stereocenters. The standard InChI is InChI=1S/C20H21N5O2/c1-11-8-12(2)23-18(22-11)19-24-15-9-13(10-21-20(26)17(15)25-19)14-6-4-5-7-16(14)27-3/h4-8,13H,9-10H2,1-3H3,(H,21,26)(H,24,25). The number of aromatic amines is 1. The van der Waals surface area contributed by atoms with E-state index in [4.69, 9.17) is 4.74 Å². The largest absolute Gasteiger partial charge is 0.496 e. The molecule has 0 radical (unpaired) electrons. The summed E-state index contributed by atoms with van der Waals surface area (Å²) in [6.45, 7) is 4.35. The second-order valence-corrected chi connectivity index (χ2v) is 6.74. The van der Waals surface area contributed by atoms with Gasteiger partial charge in [-0.2, -0.15) is 0 Å². The number of hydrogen-bond acceptors (Lipinski definition) is 5. The summed E-state index contributed by atoms with van der Waals surface area (Å²) in [5.41, 5.74) is 3.98. The van der Waals surface area contributed by atoms with Gasteiger partial charge in [-0.25, -0.2) is 15.0 Å². The highest BCUT2D eigenvalue weighted by molar-refractivity contribution is 5.94. The molecular formula is C20H21N5O2. The Labute approximate surface area is 157 Å². The van der Waals surface area contributed by atoms with E-state index in [1.807, 2.05) is 44.2 Å². The van der Waals surface area contributed by atoms with E-state index in [1.165, 1.54) is 0 Å². The van der Waals surface area contributed by atoms with E-state index >= 15 is 0 Å². The molecule has 3 aromatic rings. The smallest absolute Gasteiger partial charge is 0.271 e. The van der Waals surface area contributed by atoms with Crippen molar-refractivity contribution in [2.24, 2.45) is 0 Å². The SMILES string of the molecule is COc1ccccc1C1CNC(=O)c2nc(-c3nc(C)cc(C)n3)[nH]c2C1. The Balaban J connectivity index is 1.73. The number of nitrogens with one attached hydrogen (secondary N) is 2. The van der Waals surface area contributed by atoms with Crippen molar-refractivity contribution >= 4 is 5.91 Å². The molecule has 1 aliphatic heterocycles. The summed E-state index contributed by atoms with van der Waals surface area (Å²) >= 11 is 0. The third kappa shape index (κ3) is 3.28. The Morgan fingerprint density at radius 1 is 1.11 bits per heavy atom. The fraction of sp³-hybridized carbons (Fsp3) is 0.300. The van der Waals surface area contributed by atoms with Crippen LogP contribution >= 0.6 is 0 Å². The molecule has 7 nitrogen and oxygen atoms in total. The summed E-state index contributed by atoms with van der Waals surface area (Å²) in [5, 5.41) is 2.97. The highest BCUT2D eigenvalue weighted by Gasteiger charge is 2.28. The second kappa shape index (κ2) is 6.83. The van der Waals surface area contributed by atoms with Gasteiger partial charge in [-0.15, -0.1) is 0 Å². The van der Waals surface area contributed by atoms with Crippen molar-refractivity contribution in [1.82, 2.24) is 25.3 Å². The van der Waals surface area contributed by atoms with Crippen molar-refractivity contribution in [2.45, 2.75) is 26.2 Å². The number of carbonyl (C=O) groups excluding carboxylic acids is 1. The number of ether oxygens (including phenoxy) is 1. The Morgan fingerprint density at radius 2 is 1.85 bits per heavy atom. The number of rotatable bonds is 3. The molecule has 27 heavy (non-hydrogen) atoms. The topological polar surface area (TPSA) is 92.8 Å². The van der Waals surface area contributed by atoms with E-state index in [0.29, 0.717) is 30.3 Å². The zero-order valence-electron chi connectivity index (χ0n) is 15.5. The number of hydrogen-bond donors (Lipinski definition) is 2. The summed E-state index contributed by atoms with van der Waals surface area (Å²) in [7, 11) is 1.66. The van der Waals surface area contributed by atoms with Crippen molar-refractivity contribution in [3.05, 3.63) is 58.7 Å². The van der Waals surface area contributed by atoms with Gasteiger partial charge >= 0.3 is 0 Å². The highest BCUT2D eigenvalue weighted by Crippen LogP contribution is 2.31.